The minimum atomic E-state index is -4.51. The van der Waals surface area contributed by atoms with Crippen molar-refractivity contribution in [1.82, 2.24) is 63.6 Å². The Hall–Kier alpha value is -13.4. The molecule has 140 heavy (non-hydrogen) atoms. The van der Waals surface area contributed by atoms with E-state index in [9.17, 15) is 70.8 Å². The van der Waals surface area contributed by atoms with Gasteiger partial charge in [-0.2, -0.15) is 13.5 Å². The van der Waals surface area contributed by atoms with Gasteiger partial charge in [-0.25, -0.2) is 91.9 Å². The summed E-state index contributed by atoms with van der Waals surface area (Å²) in [6.45, 7) is 40.2. The normalized spacial score (nSPS) is 17.7. The monoisotopic (exact) mass is 2000 g/mol. The number of aryl methyl sites for hydroxylation is 1. The van der Waals surface area contributed by atoms with Crippen molar-refractivity contribution in [3.8, 4) is 39.8 Å². The molecule has 41 heteroatoms. The fraction of sp³-hybridized carbons (Fsp3) is 0.394. The number of pyridine rings is 7. The van der Waals surface area contributed by atoms with Gasteiger partial charge in [-0.05, 0) is 244 Å². The second-order valence-electron chi connectivity index (χ2n) is 39.2. The number of hydrogen-bond donors (Lipinski definition) is 7. The summed E-state index contributed by atoms with van der Waals surface area (Å²) in [5, 5.41) is 4.00. The van der Waals surface area contributed by atoms with Crippen LogP contribution < -0.4 is 65.0 Å². The second-order valence-corrected chi connectivity index (χ2v) is 45.8. The number of methoxy groups -OCH3 is 1. The predicted molar refractivity (Wildman–Crippen MR) is 530 cm³/mol. The molecule has 4 saturated heterocycles. The Morgan fingerprint density at radius 3 is 1.44 bits per heavy atom. The number of amides is 4. The fourth-order valence-electron chi connectivity index (χ4n) is 18.0. The molecule has 5 atom stereocenters. The lowest BCUT2D eigenvalue weighted by atomic mass is 9.93. The van der Waals surface area contributed by atoms with Crippen LogP contribution in [0.3, 0.4) is 0 Å². The van der Waals surface area contributed by atoms with E-state index in [2.05, 4.69) is 137 Å². The molecule has 15 rings (SSSR count). The molecule has 11 aromatic rings. The lowest BCUT2D eigenvalue weighted by molar-refractivity contribution is 0.0972. The van der Waals surface area contributed by atoms with E-state index >= 15 is 0 Å². The topological polar surface area (TPSA) is 464 Å². The van der Waals surface area contributed by atoms with Gasteiger partial charge in [0, 0.05) is 89.5 Å². The lowest BCUT2D eigenvalue weighted by Gasteiger charge is -2.34. The van der Waals surface area contributed by atoms with E-state index in [-0.39, 0.29) is 100.0 Å². The average molecular weight is 2000 g/mol. The van der Waals surface area contributed by atoms with Gasteiger partial charge in [0.25, 0.3) is 69.3 Å². The van der Waals surface area contributed by atoms with E-state index in [0.717, 1.165) is 61.7 Å². The lowest BCUT2D eigenvalue weighted by Crippen LogP contribution is -2.41. The molecule has 4 aliphatic rings. The first-order chi connectivity index (χ1) is 65.5. The summed E-state index contributed by atoms with van der Waals surface area (Å²) < 4.78 is 167. The Kier molecular flexibility index (Phi) is 31.6. The van der Waals surface area contributed by atoms with Crippen LogP contribution in [-0.4, -0.2) is 164 Å². The number of carbonyl (C=O) groups is 4. The van der Waals surface area contributed by atoms with Gasteiger partial charge < -0.3 is 45.5 Å². The number of aromatic nitrogens is 9. The first kappa shape index (κ1) is 105. The molecule has 8 aromatic heterocycles. The van der Waals surface area contributed by atoms with E-state index in [1.165, 1.54) is 98.4 Å². The molecule has 4 fully saturated rings. The number of rotatable bonds is 25. The van der Waals surface area contributed by atoms with E-state index in [1.54, 1.807) is 78.6 Å². The van der Waals surface area contributed by atoms with Gasteiger partial charge in [-0.1, -0.05) is 92.6 Å². The molecule has 4 amide bonds. The number of benzene rings is 3. The molecule has 34 nitrogen and oxygen atoms in total. The number of nitrogens with two attached hydrogens (primary N) is 2. The molecule has 3 aromatic carbocycles. The Balaban J connectivity index is 0.000000167. The third-order valence-corrected chi connectivity index (χ3v) is 30.0. The number of H-pyrrole nitrogens is 1. The maximum atomic E-state index is 14.8. The highest BCUT2D eigenvalue weighted by atomic mass is 32.2. The quantitative estimate of drug-likeness (QED) is 0.0279. The molecule has 4 aliphatic heterocycles. The Bertz CT molecular complexity index is 7050. The summed E-state index contributed by atoms with van der Waals surface area (Å²) in [5.74, 6) is -1.03. The Morgan fingerprint density at radius 1 is 0.500 bits per heavy atom. The van der Waals surface area contributed by atoms with Crippen LogP contribution in [0.25, 0.3) is 28.3 Å². The van der Waals surface area contributed by atoms with Crippen molar-refractivity contribution in [2.24, 2.45) is 35.5 Å². The molecule has 0 bridgehead atoms. The molecular formula is C99H120F3N19O15S4. The number of aromatic amines is 1. The second kappa shape index (κ2) is 41.9. The Labute approximate surface area is 814 Å². The zero-order chi connectivity index (χ0) is 103. The van der Waals surface area contributed by atoms with E-state index in [1.807, 2.05) is 49.1 Å². The number of sulfonamides is 4. The van der Waals surface area contributed by atoms with Crippen molar-refractivity contribution in [2.75, 3.05) is 71.0 Å². The molecule has 1 unspecified atom stereocenters. The number of anilines is 6. The number of carbonyl (C=O) groups excluding carboxylic acids is 4. The molecule has 9 N–H and O–H groups in total. The zero-order valence-electron chi connectivity index (χ0n) is 81.6. The van der Waals surface area contributed by atoms with Crippen molar-refractivity contribution >= 4 is 98.6 Å². The van der Waals surface area contributed by atoms with Gasteiger partial charge >= 0.3 is 0 Å². The number of halogens is 3. The van der Waals surface area contributed by atoms with E-state index < -0.39 is 97.2 Å². The third-order valence-electron chi connectivity index (χ3n) is 24.7. The highest BCUT2D eigenvalue weighted by molar-refractivity contribution is 7.91. The first-order valence-corrected chi connectivity index (χ1v) is 51.5. The van der Waals surface area contributed by atoms with Crippen LogP contribution in [0, 0.1) is 59.9 Å². The van der Waals surface area contributed by atoms with Crippen molar-refractivity contribution in [1.29, 1.82) is 0 Å². The highest BCUT2D eigenvalue weighted by Gasteiger charge is 2.45. The number of nitrogens with zero attached hydrogens (tertiary/aromatic N) is 12. The number of nitrogen functional groups attached to an aromatic ring is 2. The van der Waals surface area contributed by atoms with Crippen LogP contribution in [0.5, 0.6) is 11.5 Å². The largest absolute Gasteiger partial charge is 0.494 e. The van der Waals surface area contributed by atoms with Crippen molar-refractivity contribution in [3.05, 3.63) is 238 Å². The molecule has 0 saturated carbocycles. The molecule has 746 valence electrons. The third kappa shape index (κ3) is 24.3. The number of nitrogens with one attached hydrogen (secondary N) is 5. The standard InChI is InChI=1S/C26H33N5O4S.C25H26F2N4O5S.C25H28FN5O3S.C23H33N5O3S/c1-18(2)17-35-20-14-27-31(16-20)23-12-11-22(24(28-23)30-15-19(3)13-26(30,4)5)25(32)29-36(33,34)21-9-7-6-8-10-21;1-14-12-25(2,3)31(13-14)22-15(23(32)30-37(34,35)21-6-5-9-28-24(21)33)7-8-19(29-22)16-10-18(27)20(36-4)11-17(16)26;1-15-8-9-17(19(26)12-15)20-11-10-18(23(28-20)31-14-16(2)13-25(31,3)4)24(32)30-35(33,34)22-7-5-6-21(27)29-22;1-14(2)16(4)18-10-9-17(21(26-18)28-13-15(3)12-23(28,5)6)22(29)27-32(30,31)19-8-7-11-25-20(19)24/h6-12,14,16,18-19H,13,15,17H2,1-5H3,(H,29,32);5-11,14H,12-13H2,1-4H3,(H,28,33)(H,30,32);5-12,16H,13-14H2,1-4H3,(H2,27,29)(H,30,32);7-11,14-16H,12-13H2,1-6H3,(H2,24,25)(H,27,29)/t19-;14-;16-;15-,16?/m0000/s1. The Morgan fingerprint density at radius 2 is 0.964 bits per heavy atom. The predicted octanol–water partition coefficient (Wildman–Crippen LogP) is 15.0. The van der Waals surface area contributed by atoms with Crippen LogP contribution in [-0.2, 0) is 40.1 Å². The molecule has 0 aliphatic carbocycles. The van der Waals surface area contributed by atoms with Gasteiger partial charge in [0.05, 0.1) is 64.6 Å². The number of ether oxygens (including phenoxy) is 2. The number of hydrogen-bond acceptors (Lipinski definition) is 28. The van der Waals surface area contributed by atoms with Gasteiger partial charge in [-0.3, -0.25) is 24.0 Å². The summed E-state index contributed by atoms with van der Waals surface area (Å²) in [6.07, 6.45) is 9.49. The van der Waals surface area contributed by atoms with Crippen LogP contribution >= 0.6 is 0 Å². The summed E-state index contributed by atoms with van der Waals surface area (Å²) >= 11 is 0. The highest BCUT2D eigenvalue weighted by Crippen LogP contribution is 2.45. The minimum absolute atomic E-state index is 0.0139. The first-order valence-electron chi connectivity index (χ1n) is 45.6. The minimum Gasteiger partial charge on any atom is -0.494 e. The average Bonchev–Trinajstić information content (AvgIpc) is 1.59. The zero-order valence-corrected chi connectivity index (χ0v) is 84.8. The van der Waals surface area contributed by atoms with Gasteiger partial charge in [0.1, 0.15) is 51.4 Å². The maximum Gasteiger partial charge on any atom is 0.281 e. The van der Waals surface area contributed by atoms with E-state index in [4.69, 9.17) is 30.9 Å². The summed E-state index contributed by atoms with van der Waals surface area (Å²) in [4.78, 5) is 101. The van der Waals surface area contributed by atoms with Crippen LogP contribution in [0.2, 0.25) is 0 Å². The van der Waals surface area contributed by atoms with E-state index in [0.29, 0.717) is 96.1 Å². The molecule has 0 radical (unpaired) electrons. The molecular weight excluding hydrogens is 1880 g/mol. The van der Waals surface area contributed by atoms with Crippen molar-refractivity contribution < 1.29 is 75.5 Å². The van der Waals surface area contributed by atoms with Gasteiger partial charge in [0.15, 0.2) is 33.1 Å². The fourth-order valence-corrected chi connectivity index (χ4v) is 22.0. The van der Waals surface area contributed by atoms with Crippen molar-refractivity contribution in [2.45, 2.75) is 198 Å². The maximum absolute atomic E-state index is 14.8. The van der Waals surface area contributed by atoms with Crippen LogP contribution in [0.4, 0.5) is 48.1 Å². The molecule has 0 spiro atoms. The van der Waals surface area contributed by atoms with Gasteiger partial charge in [-0.15, -0.1) is 0 Å². The van der Waals surface area contributed by atoms with Gasteiger partial charge in [0.2, 0.25) is 0 Å². The smallest absolute Gasteiger partial charge is 0.281 e. The van der Waals surface area contributed by atoms with Crippen molar-refractivity contribution in [3.63, 3.8) is 0 Å². The summed E-state index contributed by atoms with van der Waals surface area (Å²) in [5.41, 5.74) is 11.7. The molecule has 12 heterocycles. The van der Waals surface area contributed by atoms with Crippen LogP contribution in [0.15, 0.2) is 201 Å². The summed E-state index contributed by atoms with van der Waals surface area (Å²) in [6, 6.07) is 36.2. The summed E-state index contributed by atoms with van der Waals surface area (Å²) in [7, 11) is -15.8. The SMILES string of the molecule is CC(C)C(C)c1ccc(C(=O)NS(=O)(=O)c2cccnc2N)c(N2C[C@@H](C)CC2(C)C)n1.CC(C)COc1cnn(-c2ccc(C(=O)NS(=O)(=O)c3ccccc3)c(N3C[C@@H](C)CC3(C)C)n2)c1.COc1cc(F)c(-c2ccc(C(=O)NS(=O)(=O)c3ccc[nH]c3=O)c(N3C[C@@H](C)CC3(C)C)n2)cc1F.Cc1ccc(-c2ccc(C(=O)NS(=O)(=O)c3cccc(N)n3)c(N3C[C@@H](C)CC3(C)C)n2)c(F)c1. The van der Waals surface area contributed by atoms with Crippen LogP contribution in [0.1, 0.15) is 202 Å².